The molecule has 0 heterocycles. The monoisotopic (exact) mass is 216 g/mol. The first-order chi connectivity index (χ1) is 6.35. The molecule has 0 saturated heterocycles. The van der Waals surface area contributed by atoms with Crippen LogP contribution < -0.4 is 0 Å². The summed E-state index contributed by atoms with van der Waals surface area (Å²) in [5, 5.41) is 9.41. The van der Waals surface area contributed by atoms with Crippen molar-refractivity contribution in [2.75, 3.05) is 7.11 Å². The maximum atomic E-state index is 10.8. The average molecular weight is 216 g/mol. The normalized spacial score (nSPS) is 14.4. The van der Waals surface area contributed by atoms with E-state index in [0.717, 1.165) is 0 Å². The summed E-state index contributed by atoms with van der Waals surface area (Å²) in [4.78, 5) is 10.8. The van der Waals surface area contributed by atoms with Crippen molar-refractivity contribution in [2.24, 2.45) is 0 Å². The molecule has 1 N–H and O–H groups in total. The molecule has 0 fully saturated rings. The fourth-order valence-corrected chi connectivity index (χ4v) is 1.78. The lowest BCUT2D eigenvalue weighted by Gasteiger charge is -2.10. The van der Waals surface area contributed by atoms with Gasteiger partial charge in [0.25, 0.3) is 0 Å². The fourth-order valence-electron chi connectivity index (χ4n) is 0.938. The van der Waals surface area contributed by atoms with E-state index >= 15 is 0 Å². The molecule has 0 amide bonds. The van der Waals surface area contributed by atoms with Crippen LogP contribution in [0.4, 0.5) is 0 Å². The zero-order chi connectivity index (χ0) is 11.2. The van der Waals surface area contributed by atoms with Crippen LogP contribution in [0.2, 0.25) is 19.6 Å². The molecule has 14 heavy (non-hydrogen) atoms. The molecule has 0 unspecified atom stereocenters. The van der Waals surface area contributed by atoms with E-state index in [-0.39, 0.29) is 12.4 Å². The summed E-state index contributed by atoms with van der Waals surface area (Å²) in [5.74, 6) is -0.362. The van der Waals surface area contributed by atoms with Gasteiger partial charge in [0, 0.05) is 0 Å². The van der Waals surface area contributed by atoms with Crippen LogP contribution in [-0.4, -0.2) is 32.4 Å². The minimum Gasteiger partial charge on any atom is -0.469 e. The number of carbonyl (C=O) groups is 1. The summed E-state index contributed by atoms with van der Waals surface area (Å²) in [6, 6.07) is 0. The maximum absolute atomic E-state index is 10.8. The zero-order valence-corrected chi connectivity index (χ0v) is 10.4. The summed E-state index contributed by atoms with van der Waals surface area (Å²) in [7, 11) is 0.146. The number of ether oxygens (including phenoxy) is 1. The van der Waals surface area contributed by atoms with Crippen LogP contribution in [-0.2, 0) is 9.53 Å². The Labute approximate surface area is 86.8 Å². The van der Waals surface area contributed by atoms with Crippen LogP contribution in [0.25, 0.3) is 0 Å². The molecule has 0 saturated carbocycles. The van der Waals surface area contributed by atoms with Crippen molar-refractivity contribution in [3.05, 3.63) is 11.8 Å². The predicted molar refractivity (Wildman–Crippen MR) is 59.7 cm³/mol. The number of esters is 1. The topological polar surface area (TPSA) is 46.5 Å². The fraction of sp³-hybridized carbons (Fsp3) is 0.700. The Morgan fingerprint density at radius 3 is 2.50 bits per heavy atom. The van der Waals surface area contributed by atoms with Crippen LogP contribution in [0, 0.1) is 0 Å². The molecule has 0 rings (SSSR count). The largest absolute Gasteiger partial charge is 0.469 e. The number of hydrogen-bond donors (Lipinski definition) is 1. The van der Waals surface area contributed by atoms with Crippen LogP contribution >= 0.6 is 0 Å². The molecule has 0 aromatic carbocycles. The molecule has 3 nitrogen and oxygen atoms in total. The van der Waals surface area contributed by atoms with Gasteiger partial charge in [-0.05, 0) is 6.42 Å². The first kappa shape index (κ1) is 13.4. The molecule has 4 heteroatoms. The molecule has 0 aromatic rings. The van der Waals surface area contributed by atoms with E-state index in [2.05, 4.69) is 30.1 Å². The smallest absolute Gasteiger partial charge is 0.308 e. The third-order valence-electron chi connectivity index (χ3n) is 1.66. The Balaban J connectivity index is 3.80. The van der Waals surface area contributed by atoms with E-state index < -0.39 is 14.2 Å². The SMILES string of the molecule is COC(=O)C[C@H](O)C/C=C\[Si](C)(C)C. The van der Waals surface area contributed by atoms with Gasteiger partial charge in [-0.1, -0.05) is 31.4 Å². The van der Waals surface area contributed by atoms with Gasteiger partial charge in [-0.2, -0.15) is 0 Å². The van der Waals surface area contributed by atoms with Gasteiger partial charge in [0.1, 0.15) is 0 Å². The van der Waals surface area contributed by atoms with Crippen molar-refractivity contribution in [2.45, 2.75) is 38.6 Å². The second-order valence-corrected chi connectivity index (χ2v) is 9.50. The quantitative estimate of drug-likeness (QED) is 0.562. The minimum absolute atomic E-state index is 0.0759. The molecular weight excluding hydrogens is 196 g/mol. The highest BCUT2D eigenvalue weighted by atomic mass is 28.3. The third kappa shape index (κ3) is 8.01. The molecular formula is C10H20O3Si. The number of methoxy groups -OCH3 is 1. The number of rotatable bonds is 5. The van der Waals surface area contributed by atoms with Crippen LogP contribution in [0.15, 0.2) is 11.8 Å². The van der Waals surface area contributed by atoms with Gasteiger partial charge in [0.05, 0.1) is 27.7 Å². The summed E-state index contributed by atoms with van der Waals surface area (Å²) in [5.41, 5.74) is 2.16. The van der Waals surface area contributed by atoms with Crippen molar-refractivity contribution >= 4 is 14.0 Å². The summed E-state index contributed by atoms with van der Waals surface area (Å²) in [6.07, 6.45) is 1.95. The molecule has 0 spiro atoms. The molecule has 0 aliphatic heterocycles. The lowest BCUT2D eigenvalue weighted by atomic mass is 10.2. The van der Waals surface area contributed by atoms with Crippen molar-refractivity contribution in [1.29, 1.82) is 0 Å². The summed E-state index contributed by atoms with van der Waals surface area (Å²) in [6.45, 7) is 6.66. The first-order valence-corrected chi connectivity index (χ1v) is 8.35. The van der Waals surface area contributed by atoms with E-state index in [0.29, 0.717) is 6.42 Å². The second kappa shape index (κ2) is 5.98. The third-order valence-corrected chi connectivity index (χ3v) is 2.89. The van der Waals surface area contributed by atoms with E-state index in [1.165, 1.54) is 7.11 Å². The Morgan fingerprint density at radius 2 is 2.07 bits per heavy atom. The van der Waals surface area contributed by atoms with Crippen molar-refractivity contribution in [1.82, 2.24) is 0 Å². The van der Waals surface area contributed by atoms with E-state index in [4.69, 9.17) is 0 Å². The molecule has 0 bridgehead atoms. The summed E-state index contributed by atoms with van der Waals surface area (Å²) < 4.78 is 4.45. The van der Waals surface area contributed by atoms with Crippen molar-refractivity contribution < 1.29 is 14.6 Å². The molecule has 0 aliphatic rings. The standard InChI is InChI=1S/C10H20O3Si/c1-13-10(12)8-9(11)6-5-7-14(2,3)4/h5,7,9,11H,6,8H2,1-4H3/b7-5-/t9-/m1/s1. The molecule has 1 atom stereocenters. The van der Waals surface area contributed by atoms with Gasteiger partial charge < -0.3 is 9.84 Å². The lowest BCUT2D eigenvalue weighted by Crippen LogP contribution is -2.17. The van der Waals surface area contributed by atoms with Crippen molar-refractivity contribution in [3.8, 4) is 0 Å². The Kier molecular flexibility index (Phi) is 5.72. The van der Waals surface area contributed by atoms with E-state index in [9.17, 15) is 9.90 Å². The lowest BCUT2D eigenvalue weighted by molar-refractivity contribution is -0.142. The van der Waals surface area contributed by atoms with Crippen LogP contribution in [0.1, 0.15) is 12.8 Å². The molecule has 0 aromatic heterocycles. The van der Waals surface area contributed by atoms with E-state index in [1.807, 2.05) is 6.08 Å². The number of carbonyl (C=O) groups excluding carboxylic acids is 1. The summed E-state index contributed by atoms with van der Waals surface area (Å²) >= 11 is 0. The Bertz CT molecular complexity index is 206. The molecule has 0 radical (unpaired) electrons. The highest BCUT2D eigenvalue weighted by Crippen LogP contribution is 2.05. The average Bonchev–Trinajstić information content (AvgIpc) is 2.01. The Morgan fingerprint density at radius 1 is 1.50 bits per heavy atom. The number of aliphatic hydroxyl groups excluding tert-OH is 1. The predicted octanol–water partition coefficient (Wildman–Crippen LogP) is 1.73. The molecule has 82 valence electrons. The van der Waals surface area contributed by atoms with Gasteiger partial charge in [0.2, 0.25) is 0 Å². The first-order valence-electron chi connectivity index (χ1n) is 4.78. The maximum Gasteiger partial charge on any atom is 0.308 e. The van der Waals surface area contributed by atoms with Gasteiger partial charge >= 0.3 is 5.97 Å². The van der Waals surface area contributed by atoms with E-state index in [1.54, 1.807) is 0 Å². The Hall–Kier alpha value is -0.613. The zero-order valence-electron chi connectivity index (χ0n) is 9.41. The van der Waals surface area contributed by atoms with Crippen LogP contribution in [0.3, 0.4) is 0 Å². The van der Waals surface area contributed by atoms with Gasteiger partial charge in [-0.3, -0.25) is 4.79 Å². The van der Waals surface area contributed by atoms with Gasteiger partial charge in [-0.25, -0.2) is 0 Å². The second-order valence-electron chi connectivity index (χ2n) is 4.44. The number of hydrogen-bond acceptors (Lipinski definition) is 3. The minimum atomic E-state index is -1.18. The number of aliphatic hydroxyl groups is 1. The molecule has 0 aliphatic carbocycles. The van der Waals surface area contributed by atoms with Gasteiger partial charge in [-0.15, -0.1) is 0 Å². The van der Waals surface area contributed by atoms with Crippen molar-refractivity contribution in [3.63, 3.8) is 0 Å². The van der Waals surface area contributed by atoms with Gasteiger partial charge in [0.15, 0.2) is 0 Å². The van der Waals surface area contributed by atoms with Crippen LogP contribution in [0.5, 0.6) is 0 Å². The highest BCUT2D eigenvalue weighted by Gasteiger charge is 2.10. The highest BCUT2D eigenvalue weighted by molar-refractivity contribution is 6.80.